The number of piperidine rings is 1. The number of nitrogens with one attached hydrogen (secondary N) is 1. The third kappa shape index (κ3) is 6.74. The molecule has 1 saturated heterocycles. The molecule has 1 radical (unpaired) electrons. The standard InChI is InChI=1S/C22H27ClFN2O2/c1-22(27,16-28-21-4-2-3-19(24)13-21)15-25-20-9-11-26(12-10-20)14-17-5-7-18(23)8-6-17/h2-3,5-8,13,20,25,27H,9-12,14-16H2,1H3/t22-/m0/s1. The lowest BCUT2D eigenvalue weighted by Crippen LogP contribution is -2.49. The van der Waals surface area contributed by atoms with Gasteiger partial charge >= 0.3 is 0 Å². The topological polar surface area (TPSA) is 44.7 Å². The molecule has 0 saturated carbocycles. The molecule has 4 nitrogen and oxygen atoms in total. The maximum absolute atomic E-state index is 13.2. The van der Waals surface area contributed by atoms with Crippen molar-refractivity contribution in [2.75, 3.05) is 26.2 Å². The van der Waals surface area contributed by atoms with E-state index < -0.39 is 5.60 Å². The molecule has 2 aromatic rings. The number of nitrogens with zero attached hydrogens (tertiary/aromatic N) is 1. The summed E-state index contributed by atoms with van der Waals surface area (Å²) in [6.45, 7) is 5.17. The third-order valence-electron chi connectivity index (χ3n) is 4.95. The fourth-order valence-electron chi connectivity index (χ4n) is 3.29. The van der Waals surface area contributed by atoms with E-state index in [0.717, 1.165) is 37.5 Å². The van der Waals surface area contributed by atoms with Crippen molar-refractivity contribution >= 4 is 11.6 Å². The van der Waals surface area contributed by atoms with E-state index in [2.05, 4.69) is 28.4 Å². The number of rotatable bonds is 8. The minimum absolute atomic E-state index is 0.0787. The molecular formula is C22H27ClFN2O2. The molecule has 0 aromatic heterocycles. The number of likely N-dealkylation sites (tertiary alicyclic amines) is 1. The highest BCUT2D eigenvalue weighted by molar-refractivity contribution is 6.30. The number of hydrogen-bond acceptors (Lipinski definition) is 4. The Morgan fingerprint density at radius 1 is 1.29 bits per heavy atom. The van der Waals surface area contributed by atoms with E-state index in [9.17, 15) is 9.50 Å². The summed E-state index contributed by atoms with van der Waals surface area (Å²) in [7, 11) is 0. The van der Waals surface area contributed by atoms with Gasteiger partial charge in [-0.3, -0.25) is 4.90 Å². The van der Waals surface area contributed by atoms with E-state index in [1.165, 1.54) is 23.8 Å². The molecule has 151 valence electrons. The summed E-state index contributed by atoms with van der Waals surface area (Å²) in [6.07, 6.45) is 2.06. The Balaban J connectivity index is 1.37. The fraction of sp³-hybridized carbons (Fsp3) is 0.455. The molecule has 1 heterocycles. The first-order valence-corrected chi connectivity index (χ1v) is 10.00. The molecule has 1 fully saturated rings. The molecule has 0 bridgehead atoms. The predicted octanol–water partition coefficient (Wildman–Crippen LogP) is 3.66. The van der Waals surface area contributed by atoms with Gasteiger partial charge in [-0.15, -0.1) is 0 Å². The minimum atomic E-state index is -1.04. The summed E-state index contributed by atoms with van der Waals surface area (Å²) in [5, 5.41) is 14.7. The number of aliphatic hydroxyl groups is 1. The molecule has 1 aliphatic heterocycles. The van der Waals surface area contributed by atoms with E-state index in [1.54, 1.807) is 6.92 Å². The van der Waals surface area contributed by atoms with Crippen molar-refractivity contribution in [3.8, 4) is 5.75 Å². The molecular weight excluding hydrogens is 379 g/mol. The Hall–Kier alpha value is -1.66. The van der Waals surface area contributed by atoms with Gasteiger partial charge in [-0.05, 0) is 62.7 Å². The van der Waals surface area contributed by atoms with Gasteiger partial charge in [0.2, 0.25) is 0 Å². The van der Waals surface area contributed by atoms with Gasteiger partial charge in [-0.2, -0.15) is 0 Å². The Morgan fingerprint density at radius 3 is 2.68 bits per heavy atom. The maximum atomic E-state index is 13.2. The number of hydrogen-bond donors (Lipinski definition) is 2. The fourth-order valence-corrected chi connectivity index (χ4v) is 3.42. The SMILES string of the molecule is C[C@](O)(CNC1CCN(Cc2ccc(Cl)cc2)CC1)COc1[c]ccc(F)c1. The van der Waals surface area contributed by atoms with Crippen LogP contribution in [0, 0.1) is 11.9 Å². The first kappa shape index (κ1) is 21.1. The Labute approximate surface area is 171 Å². The molecule has 28 heavy (non-hydrogen) atoms. The molecule has 1 atom stereocenters. The first-order valence-electron chi connectivity index (χ1n) is 9.62. The molecule has 2 N–H and O–H groups in total. The van der Waals surface area contributed by atoms with E-state index in [4.69, 9.17) is 16.3 Å². The van der Waals surface area contributed by atoms with E-state index in [-0.39, 0.29) is 12.4 Å². The smallest absolute Gasteiger partial charge is 0.130 e. The molecule has 0 spiro atoms. The van der Waals surface area contributed by atoms with Crippen LogP contribution in [0.2, 0.25) is 5.02 Å². The van der Waals surface area contributed by atoms with Crippen LogP contribution in [0.25, 0.3) is 0 Å². The van der Waals surface area contributed by atoms with Crippen molar-refractivity contribution in [2.24, 2.45) is 0 Å². The zero-order valence-electron chi connectivity index (χ0n) is 16.1. The van der Waals surface area contributed by atoms with Crippen LogP contribution in [0.3, 0.4) is 0 Å². The lowest BCUT2D eigenvalue weighted by Gasteiger charge is -2.34. The second kappa shape index (κ2) is 9.70. The van der Waals surface area contributed by atoms with Crippen LogP contribution >= 0.6 is 11.6 Å². The van der Waals surface area contributed by atoms with Gasteiger partial charge in [0.25, 0.3) is 0 Å². The van der Waals surface area contributed by atoms with Gasteiger partial charge in [0, 0.05) is 36.3 Å². The van der Waals surface area contributed by atoms with Gasteiger partial charge in [0.05, 0.1) is 0 Å². The van der Waals surface area contributed by atoms with Crippen LogP contribution in [0.4, 0.5) is 4.39 Å². The zero-order chi connectivity index (χ0) is 20.0. The largest absolute Gasteiger partial charge is 0.490 e. The van der Waals surface area contributed by atoms with E-state index >= 15 is 0 Å². The molecule has 0 aliphatic carbocycles. The summed E-state index contributed by atoms with van der Waals surface area (Å²) in [5.41, 5.74) is 0.227. The highest BCUT2D eigenvalue weighted by Crippen LogP contribution is 2.17. The van der Waals surface area contributed by atoms with Crippen molar-refractivity contribution in [3.63, 3.8) is 0 Å². The molecule has 1 aliphatic rings. The van der Waals surface area contributed by atoms with E-state index in [1.807, 2.05) is 12.1 Å². The molecule has 2 aromatic carbocycles. The highest BCUT2D eigenvalue weighted by Gasteiger charge is 2.25. The Bertz CT molecular complexity index is 746. The average molecular weight is 406 g/mol. The first-order chi connectivity index (χ1) is 13.4. The molecule has 6 heteroatoms. The van der Waals surface area contributed by atoms with Crippen molar-refractivity contribution in [3.05, 3.63) is 64.9 Å². The highest BCUT2D eigenvalue weighted by atomic mass is 35.5. The average Bonchev–Trinajstić information content (AvgIpc) is 2.68. The number of halogens is 2. The zero-order valence-corrected chi connectivity index (χ0v) is 16.9. The molecule has 0 amide bonds. The number of benzene rings is 2. The second-order valence-electron chi connectivity index (χ2n) is 7.71. The summed E-state index contributed by atoms with van der Waals surface area (Å²) < 4.78 is 18.7. The van der Waals surface area contributed by atoms with Crippen LogP contribution < -0.4 is 10.1 Å². The summed E-state index contributed by atoms with van der Waals surface area (Å²) in [6, 6.07) is 15.2. The Morgan fingerprint density at radius 2 is 2.00 bits per heavy atom. The van der Waals surface area contributed by atoms with Crippen molar-refractivity contribution in [1.29, 1.82) is 0 Å². The van der Waals surface area contributed by atoms with Crippen molar-refractivity contribution in [2.45, 2.75) is 38.0 Å². The van der Waals surface area contributed by atoms with Crippen LogP contribution in [0.5, 0.6) is 5.75 Å². The monoisotopic (exact) mass is 405 g/mol. The van der Waals surface area contributed by atoms with E-state index in [0.29, 0.717) is 18.3 Å². The Kier molecular flexibility index (Phi) is 7.30. The summed E-state index contributed by atoms with van der Waals surface area (Å²) in [4.78, 5) is 2.43. The lowest BCUT2D eigenvalue weighted by atomic mass is 10.0. The van der Waals surface area contributed by atoms with Gasteiger partial charge in [-0.25, -0.2) is 4.39 Å². The molecule has 0 unspecified atom stereocenters. The van der Waals surface area contributed by atoms with Gasteiger partial charge in [0.1, 0.15) is 23.8 Å². The maximum Gasteiger partial charge on any atom is 0.130 e. The van der Waals surface area contributed by atoms with Crippen molar-refractivity contribution < 1.29 is 14.2 Å². The second-order valence-corrected chi connectivity index (χ2v) is 8.15. The third-order valence-corrected chi connectivity index (χ3v) is 5.21. The van der Waals surface area contributed by atoms with Gasteiger partial charge in [-0.1, -0.05) is 23.7 Å². The molecule has 3 rings (SSSR count). The van der Waals surface area contributed by atoms with Crippen LogP contribution in [0.15, 0.2) is 42.5 Å². The normalized spacial score (nSPS) is 18.0. The van der Waals surface area contributed by atoms with Crippen molar-refractivity contribution in [1.82, 2.24) is 10.2 Å². The van der Waals surface area contributed by atoms with Gasteiger partial charge in [0.15, 0.2) is 0 Å². The van der Waals surface area contributed by atoms with Crippen LogP contribution in [0.1, 0.15) is 25.3 Å². The van der Waals surface area contributed by atoms with Crippen LogP contribution in [-0.2, 0) is 6.54 Å². The van der Waals surface area contributed by atoms with Crippen LogP contribution in [-0.4, -0.2) is 47.9 Å². The van der Waals surface area contributed by atoms with Gasteiger partial charge < -0.3 is 15.2 Å². The summed E-state index contributed by atoms with van der Waals surface area (Å²) >= 11 is 5.94. The lowest BCUT2D eigenvalue weighted by molar-refractivity contribution is 0.00798. The summed E-state index contributed by atoms with van der Waals surface area (Å²) in [5.74, 6) is -0.0762. The predicted molar refractivity (Wildman–Crippen MR) is 109 cm³/mol. The quantitative estimate of drug-likeness (QED) is 0.703. The minimum Gasteiger partial charge on any atom is -0.490 e. The number of ether oxygens (including phenoxy) is 1.